The maximum absolute atomic E-state index is 12.9. The van der Waals surface area contributed by atoms with Gasteiger partial charge < -0.3 is 20.1 Å². The molecule has 0 heterocycles. The molecule has 0 aromatic heterocycles. The molecule has 2 N–H and O–H groups in total. The van der Waals surface area contributed by atoms with Gasteiger partial charge in [-0.3, -0.25) is 9.59 Å². The zero-order chi connectivity index (χ0) is 24.3. The van der Waals surface area contributed by atoms with Gasteiger partial charge in [0.1, 0.15) is 0 Å². The van der Waals surface area contributed by atoms with Crippen molar-refractivity contribution in [2.75, 3.05) is 18.5 Å². The summed E-state index contributed by atoms with van der Waals surface area (Å²) in [6.07, 6.45) is 0.813. The SMILES string of the molecule is CCOc1ccc(CCC(=O)Nc2ccccc2C(=O)NC(C)c2ccccc2)cc1OCC. The third-order valence-corrected chi connectivity index (χ3v) is 5.34. The molecule has 3 aromatic carbocycles. The number of hydrogen-bond donors (Lipinski definition) is 2. The van der Waals surface area contributed by atoms with Gasteiger partial charge in [0.2, 0.25) is 5.91 Å². The number of benzene rings is 3. The third kappa shape index (κ3) is 6.85. The van der Waals surface area contributed by atoms with Crippen molar-refractivity contribution < 1.29 is 19.1 Å². The van der Waals surface area contributed by atoms with E-state index in [1.807, 2.05) is 69.3 Å². The molecule has 1 atom stereocenters. The van der Waals surface area contributed by atoms with Crippen LogP contribution in [0, 0.1) is 0 Å². The summed E-state index contributed by atoms with van der Waals surface area (Å²) in [4.78, 5) is 25.6. The molecule has 3 rings (SSSR count). The van der Waals surface area contributed by atoms with Crippen LogP contribution in [0.2, 0.25) is 0 Å². The van der Waals surface area contributed by atoms with Crippen molar-refractivity contribution in [3.63, 3.8) is 0 Å². The molecule has 1 unspecified atom stereocenters. The van der Waals surface area contributed by atoms with E-state index >= 15 is 0 Å². The molecule has 3 aromatic rings. The van der Waals surface area contributed by atoms with E-state index in [0.717, 1.165) is 11.1 Å². The fourth-order valence-corrected chi connectivity index (χ4v) is 3.61. The van der Waals surface area contributed by atoms with Gasteiger partial charge in [-0.15, -0.1) is 0 Å². The maximum Gasteiger partial charge on any atom is 0.253 e. The predicted molar refractivity (Wildman–Crippen MR) is 134 cm³/mol. The van der Waals surface area contributed by atoms with Crippen LogP contribution in [0.4, 0.5) is 5.69 Å². The molecule has 178 valence electrons. The summed E-state index contributed by atoms with van der Waals surface area (Å²) in [5.74, 6) is 0.974. The van der Waals surface area contributed by atoms with Crippen LogP contribution in [0.3, 0.4) is 0 Å². The van der Waals surface area contributed by atoms with Crippen molar-refractivity contribution in [2.45, 2.75) is 39.7 Å². The average Bonchev–Trinajstić information content (AvgIpc) is 2.85. The van der Waals surface area contributed by atoms with Crippen molar-refractivity contribution in [3.8, 4) is 11.5 Å². The van der Waals surface area contributed by atoms with E-state index in [9.17, 15) is 9.59 Å². The molecule has 0 spiro atoms. The van der Waals surface area contributed by atoms with E-state index in [4.69, 9.17) is 9.47 Å². The molecule has 0 bridgehead atoms. The second-order valence-electron chi connectivity index (χ2n) is 7.85. The van der Waals surface area contributed by atoms with Crippen molar-refractivity contribution in [3.05, 3.63) is 89.5 Å². The monoisotopic (exact) mass is 460 g/mol. The first kappa shape index (κ1) is 24.8. The van der Waals surface area contributed by atoms with Crippen LogP contribution in [-0.2, 0) is 11.2 Å². The smallest absolute Gasteiger partial charge is 0.253 e. The summed E-state index contributed by atoms with van der Waals surface area (Å²) < 4.78 is 11.3. The van der Waals surface area contributed by atoms with Crippen molar-refractivity contribution in [1.82, 2.24) is 5.32 Å². The minimum Gasteiger partial charge on any atom is -0.490 e. The fourth-order valence-electron chi connectivity index (χ4n) is 3.61. The van der Waals surface area contributed by atoms with Gasteiger partial charge in [-0.05, 0) is 62.6 Å². The van der Waals surface area contributed by atoms with E-state index < -0.39 is 0 Å². The van der Waals surface area contributed by atoms with Gasteiger partial charge in [-0.25, -0.2) is 0 Å². The Morgan fingerprint density at radius 3 is 2.26 bits per heavy atom. The molecule has 0 radical (unpaired) electrons. The Kier molecular flexibility index (Phi) is 9.09. The number of para-hydroxylation sites is 1. The van der Waals surface area contributed by atoms with E-state index in [-0.39, 0.29) is 24.3 Å². The number of nitrogens with one attached hydrogen (secondary N) is 2. The van der Waals surface area contributed by atoms with Gasteiger partial charge in [-0.1, -0.05) is 48.5 Å². The maximum atomic E-state index is 12.9. The van der Waals surface area contributed by atoms with Crippen LogP contribution in [0.25, 0.3) is 0 Å². The molecule has 6 nitrogen and oxygen atoms in total. The number of anilines is 1. The highest BCUT2D eigenvalue weighted by Gasteiger charge is 2.16. The lowest BCUT2D eigenvalue weighted by Crippen LogP contribution is -2.28. The largest absolute Gasteiger partial charge is 0.490 e. The second-order valence-corrected chi connectivity index (χ2v) is 7.85. The summed E-state index contributed by atoms with van der Waals surface area (Å²) in [7, 11) is 0. The quantitative estimate of drug-likeness (QED) is 0.394. The molecule has 0 aliphatic rings. The first-order valence-electron chi connectivity index (χ1n) is 11.6. The number of amides is 2. The van der Waals surface area contributed by atoms with E-state index in [1.54, 1.807) is 24.3 Å². The number of rotatable bonds is 11. The van der Waals surface area contributed by atoms with Gasteiger partial charge >= 0.3 is 0 Å². The molecule has 0 saturated carbocycles. The Hall–Kier alpha value is -3.80. The topological polar surface area (TPSA) is 76.7 Å². The summed E-state index contributed by atoms with van der Waals surface area (Å²) in [5, 5.41) is 5.89. The minimum absolute atomic E-state index is 0.156. The number of ether oxygens (including phenoxy) is 2. The van der Waals surface area contributed by atoms with E-state index in [1.165, 1.54) is 0 Å². The van der Waals surface area contributed by atoms with Crippen molar-refractivity contribution in [1.29, 1.82) is 0 Å². The fraction of sp³-hybridized carbons (Fsp3) is 0.286. The van der Waals surface area contributed by atoms with E-state index in [0.29, 0.717) is 42.4 Å². The molecule has 0 aliphatic heterocycles. The number of carbonyl (C=O) groups is 2. The Morgan fingerprint density at radius 2 is 1.53 bits per heavy atom. The van der Waals surface area contributed by atoms with Gasteiger partial charge in [0.25, 0.3) is 5.91 Å². The van der Waals surface area contributed by atoms with Gasteiger partial charge in [-0.2, -0.15) is 0 Å². The zero-order valence-electron chi connectivity index (χ0n) is 20.0. The molecule has 0 fully saturated rings. The second kappa shape index (κ2) is 12.4. The summed E-state index contributed by atoms with van der Waals surface area (Å²) >= 11 is 0. The highest BCUT2D eigenvalue weighted by molar-refractivity contribution is 6.03. The summed E-state index contributed by atoms with van der Waals surface area (Å²) in [6, 6.07) is 22.4. The zero-order valence-corrected chi connectivity index (χ0v) is 20.0. The van der Waals surface area contributed by atoms with Crippen molar-refractivity contribution in [2.24, 2.45) is 0 Å². The molecule has 6 heteroatoms. The van der Waals surface area contributed by atoms with Crippen LogP contribution in [0.15, 0.2) is 72.8 Å². The Morgan fingerprint density at radius 1 is 0.853 bits per heavy atom. The Balaban J connectivity index is 1.62. The standard InChI is InChI=1S/C28H32N2O4/c1-4-33-25-17-15-21(19-26(25)34-5-2)16-18-27(31)30-24-14-10-9-13-23(24)28(32)29-20(3)22-11-7-6-8-12-22/h6-15,17,19-20H,4-5,16,18H2,1-3H3,(H,29,32)(H,30,31). The van der Waals surface area contributed by atoms with Crippen LogP contribution in [-0.4, -0.2) is 25.0 Å². The average molecular weight is 461 g/mol. The Labute approximate surface area is 201 Å². The molecule has 0 saturated heterocycles. The Bertz CT molecular complexity index is 1100. The van der Waals surface area contributed by atoms with Crippen LogP contribution >= 0.6 is 0 Å². The van der Waals surface area contributed by atoms with Gasteiger partial charge in [0.15, 0.2) is 11.5 Å². The third-order valence-electron chi connectivity index (χ3n) is 5.34. The number of hydrogen-bond acceptors (Lipinski definition) is 4. The normalized spacial score (nSPS) is 11.4. The summed E-state index contributed by atoms with van der Waals surface area (Å²) in [5.41, 5.74) is 2.91. The molecular formula is C28H32N2O4. The first-order chi connectivity index (χ1) is 16.5. The first-order valence-corrected chi connectivity index (χ1v) is 11.6. The molecule has 34 heavy (non-hydrogen) atoms. The van der Waals surface area contributed by atoms with Crippen LogP contribution in [0.1, 0.15) is 54.7 Å². The van der Waals surface area contributed by atoms with Crippen LogP contribution < -0.4 is 20.1 Å². The summed E-state index contributed by atoms with van der Waals surface area (Å²) in [6.45, 7) is 6.87. The lowest BCUT2D eigenvalue weighted by atomic mass is 10.1. The number of aryl methyl sites for hydroxylation is 1. The predicted octanol–water partition coefficient (Wildman–Crippen LogP) is 5.55. The number of carbonyl (C=O) groups excluding carboxylic acids is 2. The highest BCUT2D eigenvalue weighted by atomic mass is 16.5. The molecule has 0 aliphatic carbocycles. The van der Waals surface area contributed by atoms with E-state index in [2.05, 4.69) is 10.6 Å². The van der Waals surface area contributed by atoms with Gasteiger partial charge in [0.05, 0.1) is 30.5 Å². The van der Waals surface area contributed by atoms with Gasteiger partial charge in [0, 0.05) is 6.42 Å². The minimum atomic E-state index is -0.236. The van der Waals surface area contributed by atoms with Crippen molar-refractivity contribution >= 4 is 17.5 Å². The lowest BCUT2D eigenvalue weighted by molar-refractivity contribution is -0.116. The molecular weight excluding hydrogens is 428 g/mol. The van der Waals surface area contributed by atoms with Crippen LogP contribution in [0.5, 0.6) is 11.5 Å². The highest BCUT2D eigenvalue weighted by Crippen LogP contribution is 2.29. The molecule has 2 amide bonds. The lowest BCUT2D eigenvalue weighted by Gasteiger charge is -2.16.